The highest BCUT2D eigenvalue weighted by molar-refractivity contribution is 6.10. The van der Waals surface area contributed by atoms with Gasteiger partial charge in [0.15, 0.2) is 0 Å². The van der Waals surface area contributed by atoms with Crippen LogP contribution < -0.4 is 5.73 Å². The van der Waals surface area contributed by atoms with Gasteiger partial charge in [0, 0.05) is 30.6 Å². The zero-order valence-corrected chi connectivity index (χ0v) is 17.7. The van der Waals surface area contributed by atoms with Gasteiger partial charge in [-0.3, -0.25) is 9.48 Å². The van der Waals surface area contributed by atoms with Gasteiger partial charge < -0.3 is 15.4 Å². The lowest BCUT2D eigenvalue weighted by molar-refractivity contribution is -0.141. The molecule has 2 N–H and O–H groups in total. The molecule has 0 saturated heterocycles. The number of nitrogens with zero attached hydrogens (tertiary/aromatic N) is 5. The molecule has 170 valence electrons. The number of ether oxygens (including phenoxy) is 1. The van der Waals surface area contributed by atoms with Gasteiger partial charge in [-0.1, -0.05) is 6.07 Å². The molecule has 4 aromatic rings. The molecule has 11 heteroatoms. The van der Waals surface area contributed by atoms with Gasteiger partial charge in [-0.25, -0.2) is 9.97 Å². The third-order valence-electron chi connectivity index (χ3n) is 5.92. The van der Waals surface area contributed by atoms with E-state index in [0.29, 0.717) is 27.8 Å². The molecule has 1 aliphatic heterocycles. The predicted molar refractivity (Wildman–Crippen MR) is 114 cm³/mol. The first kappa shape index (κ1) is 21.1. The Balaban J connectivity index is 1.52. The summed E-state index contributed by atoms with van der Waals surface area (Å²) in [4.78, 5) is 22.9. The van der Waals surface area contributed by atoms with Crippen LogP contribution in [0.2, 0.25) is 0 Å². The maximum Gasteiger partial charge on any atom is 0.433 e. The minimum atomic E-state index is -4.55. The van der Waals surface area contributed by atoms with E-state index in [2.05, 4.69) is 15.1 Å². The normalized spacial score (nSPS) is 16.2. The van der Waals surface area contributed by atoms with Crippen LogP contribution in [0.3, 0.4) is 0 Å². The minimum absolute atomic E-state index is 0.0423. The van der Waals surface area contributed by atoms with E-state index in [9.17, 15) is 18.0 Å². The number of benzene rings is 1. The molecule has 1 aromatic carbocycles. The fraction of sp³-hybridized carbons (Fsp3) is 0.273. The lowest BCUT2D eigenvalue weighted by atomic mass is 10.0. The van der Waals surface area contributed by atoms with Crippen LogP contribution >= 0.6 is 0 Å². The third-order valence-corrected chi connectivity index (χ3v) is 5.92. The summed E-state index contributed by atoms with van der Waals surface area (Å²) in [5.41, 5.74) is 7.53. The Bertz CT molecular complexity index is 1420. The van der Waals surface area contributed by atoms with Gasteiger partial charge in [-0.05, 0) is 24.3 Å². The Morgan fingerprint density at radius 1 is 1.21 bits per heavy atom. The van der Waals surface area contributed by atoms with E-state index < -0.39 is 17.9 Å². The summed E-state index contributed by atoms with van der Waals surface area (Å²) < 4.78 is 46.3. The molecule has 8 nitrogen and oxygen atoms in total. The van der Waals surface area contributed by atoms with Crippen LogP contribution in [0.15, 0.2) is 36.5 Å². The van der Waals surface area contributed by atoms with Crippen LogP contribution in [0.1, 0.15) is 33.4 Å². The smallest absolute Gasteiger partial charge is 0.383 e. The summed E-state index contributed by atoms with van der Waals surface area (Å²) in [5, 5.41) is 5.64. The van der Waals surface area contributed by atoms with Crippen molar-refractivity contribution in [3.8, 4) is 0 Å². The molecule has 3 aromatic heterocycles. The Kier molecular flexibility index (Phi) is 4.74. The number of likely N-dealkylation sites (N-methyl/N-ethyl adjacent to an activating group) is 1. The van der Waals surface area contributed by atoms with E-state index in [1.54, 1.807) is 43.2 Å². The average Bonchev–Trinajstić information content (AvgIpc) is 3.19. The molecule has 1 amide bonds. The van der Waals surface area contributed by atoms with Crippen molar-refractivity contribution in [1.82, 2.24) is 24.6 Å². The zero-order valence-electron chi connectivity index (χ0n) is 17.7. The maximum absolute atomic E-state index is 13.4. The first-order valence-corrected chi connectivity index (χ1v) is 10.1. The van der Waals surface area contributed by atoms with Crippen LogP contribution in [0.25, 0.3) is 21.8 Å². The first-order valence-electron chi connectivity index (χ1n) is 10.1. The number of amides is 1. The molecule has 1 atom stereocenters. The van der Waals surface area contributed by atoms with Crippen LogP contribution in [0.4, 0.5) is 19.0 Å². The average molecular weight is 456 g/mol. The number of hydrogen-bond acceptors (Lipinski definition) is 6. The fourth-order valence-corrected chi connectivity index (χ4v) is 4.20. The van der Waals surface area contributed by atoms with Crippen molar-refractivity contribution >= 4 is 33.5 Å². The fourth-order valence-electron chi connectivity index (χ4n) is 4.20. The maximum atomic E-state index is 13.4. The number of alkyl halides is 3. The molecule has 4 heterocycles. The van der Waals surface area contributed by atoms with Crippen molar-refractivity contribution in [1.29, 1.82) is 0 Å². The number of pyridine rings is 2. The Morgan fingerprint density at radius 2 is 2.00 bits per heavy atom. The van der Waals surface area contributed by atoms with Crippen molar-refractivity contribution in [3.63, 3.8) is 0 Å². The standard InChI is InChI=1S/C22H19F3N6O2/c1-30(17-10-33-9-16-12(17)4-6-18(28-16)22(23,24)25)21(32)11-3-5-15-13(7-11)19-14(20(26)29-15)8-27-31(19)2/h3-8,17H,9-10H2,1-2H3,(H2,26,29)/t17-/m1/s1. The molecule has 0 aliphatic carbocycles. The zero-order chi connectivity index (χ0) is 23.5. The van der Waals surface area contributed by atoms with Gasteiger partial charge >= 0.3 is 6.18 Å². The van der Waals surface area contributed by atoms with Gasteiger partial charge in [0.05, 0.1) is 47.6 Å². The third kappa shape index (κ3) is 3.44. The van der Waals surface area contributed by atoms with Crippen LogP contribution in [0, 0.1) is 0 Å². The molecule has 0 unspecified atom stereocenters. The Morgan fingerprint density at radius 3 is 2.76 bits per heavy atom. The van der Waals surface area contributed by atoms with Gasteiger partial charge in [0.2, 0.25) is 0 Å². The largest absolute Gasteiger partial charge is 0.433 e. The predicted octanol–water partition coefficient (Wildman–Crippen LogP) is 3.46. The number of rotatable bonds is 2. The molecule has 5 rings (SSSR count). The highest BCUT2D eigenvalue weighted by atomic mass is 19.4. The monoisotopic (exact) mass is 456 g/mol. The summed E-state index contributed by atoms with van der Waals surface area (Å²) in [7, 11) is 3.37. The lowest BCUT2D eigenvalue weighted by Gasteiger charge is -2.33. The van der Waals surface area contributed by atoms with Gasteiger partial charge in [-0.15, -0.1) is 0 Å². The van der Waals surface area contributed by atoms with Crippen molar-refractivity contribution < 1.29 is 22.7 Å². The van der Waals surface area contributed by atoms with E-state index in [1.807, 2.05) is 0 Å². The van der Waals surface area contributed by atoms with Crippen LogP contribution in [0.5, 0.6) is 0 Å². The molecule has 0 spiro atoms. The van der Waals surface area contributed by atoms with Crippen LogP contribution in [-0.4, -0.2) is 44.2 Å². The second-order valence-electron chi connectivity index (χ2n) is 7.94. The van der Waals surface area contributed by atoms with E-state index in [4.69, 9.17) is 10.5 Å². The SMILES string of the molecule is CN(C(=O)c1ccc2nc(N)c3cnn(C)c3c2c1)[C@@H]1COCc2nc(C(F)(F)F)ccc21. The number of hydrogen-bond donors (Lipinski definition) is 1. The number of aromatic nitrogens is 4. The minimum Gasteiger partial charge on any atom is -0.383 e. The molecule has 33 heavy (non-hydrogen) atoms. The van der Waals surface area contributed by atoms with Gasteiger partial charge in [0.25, 0.3) is 5.91 Å². The number of nitrogens with two attached hydrogens (primary N) is 1. The van der Waals surface area contributed by atoms with E-state index in [0.717, 1.165) is 17.0 Å². The number of nitrogen functional groups attached to an aromatic ring is 1. The van der Waals surface area contributed by atoms with E-state index in [-0.39, 0.29) is 24.8 Å². The van der Waals surface area contributed by atoms with Crippen LogP contribution in [-0.2, 0) is 24.6 Å². The number of aryl methyl sites for hydroxylation is 1. The van der Waals surface area contributed by atoms with Crippen molar-refractivity contribution in [2.75, 3.05) is 19.4 Å². The topological polar surface area (TPSA) is 99.2 Å². The summed E-state index contributed by atoms with van der Waals surface area (Å²) in [6, 6.07) is 6.80. The number of carbonyl (C=O) groups is 1. The molecule has 0 radical (unpaired) electrons. The second kappa shape index (κ2) is 7.41. The molecule has 1 aliphatic rings. The van der Waals surface area contributed by atoms with E-state index in [1.165, 1.54) is 11.0 Å². The summed E-state index contributed by atoms with van der Waals surface area (Å²) in [5.74, 6) is 0.0360. The number of anilines is 1. The molecular formula is C22H19F3N6O2. The molecular weight excluding hydrogens is 437 g/mol. The Labute approximate surface area is 185 Å². The van der Waals surface area contributed by atoms with Gasteiger partial charge in [-0.2, -0.15) is 18.3 Å². The first-order chi connectivity index (χ1) is 15.6. The molecule has 0 fully saturated rings. The van der Waals surface area contributed by atoms with E-state index >= 15 is 0 Å². The van der Waals surface area contributed by atoms with Crippen molar-refractivity contribution in [2.24, 2.45) is 7.05 Å². The number of fused-ring (bicyclic) bond motifs is 4. The second-order valence-corrected chi connectivity index (χ2v) is 7.94. The summed E-state index contributed by atoms with van der Waals surface area (Å²) >= 11 is 0. The molecule has 0 bridgehead atoms. The van der Waals surface area contributed by atoms with Crippen molar-refractivity contribution in [3.05, 3.63) is 59.0 Å². The highest BCUT2D eigenvalue weighted by Crippen LogP contribution is 2.34. The summed E-state index contributed by atoms with van der Waals surface area (Å²) in [6.45, 7) is 0.110. The highest BCUT2D eigenvalue weighted by Gasteiger charge is 2.35. The lowest BCUT2D eigenvalue weighted by Crippen LogP contribution is -2.36. The summed E-state index contributed by atoms with van der Waals surface area (Å²) in [6.07, 6.45) is -2.93. The number of halogens is 3. The Hall–Kier alpha value is -3.73. The number of carbonyl (C=O) groups excluding carboxylic acids is 1. The van der Waals surface area contributed by atoms with Gasteiger partial charge in [0.1, 0.15) is 11.5 Å². The van der Waals surface area contributed by atoms with Crippen molar-refractivity contribution in [2.45, 2.75) is 18.8 Å². The molecule has 0 saturated carbocycles. The quantitative estimate of drug-likeness (QED) is 0.496.